The van der Waals surface area contributed by atoms with Crippen LogP contribution in [0.4, 0.5) is 10.1 Å². The molecule has 0 unspecified atom stereocenters. The molecule has 1 aromatic heterocycles. The summed E-state index contributed by atoms with van der Waals surface area (Å²) in [6.45, 7) is 1.11. The molecule has 3 aromatic rings. The second-order valence-corrected chi connectivity index (χ2v) is 6.94. The monoisotopic (exact) mass is 544 g/mol. The van der Waals surface area contributed by atoms with Gasteiger partial charge in [0.05, 0.1) is 18.1 Å². The second kappa shape index (κ2) is 9.34. The molecule has 28 heavy (non-hydrogen) atoms. The van der Waals surface area contributed by atoms with Crippen LogP contribution in [-0.4, -0.2) is 16.5 Å². The van der Waals surface area contributed by atoms with Crippen molar-refractivity contribution in [3.63, 3.8) is 0 Å². The van der Waals surface area contributed by atoms with Crippen LogP contribution >= 0.6 is 20.3 Å². The van der Waals surface area contributed by atoms with Gasteiger partial charge in [-0.2, -0.15) is 4.39 Å². The summed E-state index contributed by atoms with van der Waals surface area (Å²) in [7, 11) is 0. The van der Waals surface area contributed by atoms with Gasteiger partial charge < -0.3 is 9.72 Å². The summed E-state index contributed by atoms with van der Waals surface area (Å²) < 4.78 is 19.8. The third-order valence-corrected chi connectivity index (χ3v) is 5.26. The van der Waals surface area contributed by atoms with Crippen LogP contribution in [0.1, 0.15) is 30.5 Å². The Labute approximate surface area is 181 Å². The van der Waals surface area contributed by atoms with E-state index in [0.29, 0.717) is 24.1 Å². The van der Waals surface area contributed by atoms with Gasteiger partial charge in [-0.05, 0) is 24.5 Å². The van der Waals surface area contributed by atoms with Crippen molar-refractivity contribution in [2.24, 2.45) is 0 Å². The van der Waals surface area contributed by atoms with Crippen LogP contribution in [0.5, 0.6) is 0 Å². The van der Waals surface area contributed by atoms with Crippen molar-refractivity contribution in [3.05, 3.63) is 75.7 Å². The first-order chi connectivity index (χ1) is 13.6. The maximum atomic E-state index is 13.9. The van der Waals surface area contributed by atoms with Gasteiger partial charge >= 0.3 is 38.8 Å². The van der Waals surface area contributed by atoms with Crippen molar-refractivity contribution in [2.45, 2.75) is 31.3 Å². The van der Waals surface area contributed by atoms with Crippen LogP contribution in [0.2, 0.25) is 0 Å². The Morgan fingerprint density at radius 3 is 2.54 bits per heavy atom. The number of aromatic amines is 1. The molecule has 4 rings (SSSR count). The van der Waals surface area contributed by atoms with E-state index in [9.17, 15) is 14.5 Å². The first kappa shape index (κ1) is 21.2. The minimum atomic E-state index is -0.820. The first-order valence-corrected chi connectivity index (χ1v) is 11.8. The number of hydrogen-bond donors (Lipinski definition) is 1. The van der Waals surface area contributed by atoms with E-state index in [1.807, 2.05) is 36.4 Å². The zero-order chi connectivity index (χ0) is 20.1. The average Bonchev–Trinajstić information content (AvgIpc) is 3.08. The van der Waals surface area contributed by atoms with Crippen LogP contribution in [0.25, 0.3) is 10.9 Å². The number of aromatic nitrogens is 1. The average molecular weight is 545 g/mol. The number of ether oxygens (including phenoxy) is 1. The molecule has 2 aromatic carbocycles. The molecule has 1 aliphatic rings. The Balaban J connectivity index is 0.00000109. The Morgan fingerprint density at radius 1 is 1.21 bits per heavy atom. The van der Waals surface area contributed by atoms with Crippen LogP contribution in [0.3, 0.4) is 0 Å². The Bertz CT molecular complexity index is 961. The van der Waals surface area contributed by atoms with Gasteiger partial charge in [0.2, 0.25) is 5.82 Å². The Hall–Kier alpha value is -1.48. The van der Waals surface area contributed by atoms with Crippen molar-refractivity contribution >= 4 is 36.9 Å². The second-order valence-electron chi connectivity index (χ2n) is 6.94. The number of hydrogen-bond acceptors (Lipinski definition) is 3. The summed E-state index contributed by atoms with van der Waals surface area (Å²) in [6.07, 6.45) is 3.08. The summed E-state index contributed by atoms with van der Waals surface area (Å²) in [5, 5.41) is 11.6. The van der Waals surface area contributed by atoms with Crippen LogP contribution in [-0.2, 0) is 29.5 Å². The van der Waals surface area contributed by atoms with Crippen molar-refractivity contribution < 1.29 is 26.8 Å². The molecular formula is C20H19CuFIN2O3. The third-order valence-electron chi connectivity index (χ3n) is 5.26. The van der Waals surface area contributed by atoms with E-state index in [0.717, 1.165) is 30.5 Å². The normalized spacial score (nSPS) is 14.9. The number of nitro groups is 1. The van der Waals surface area contributed by atoms with Gasteiger partial charge in [-0.15, -0.1) is 0 Å². The summed E-state index contributed by atoms with van der Waals surface area (Å²) >= 11 is 5.87. The van der Waals surface area contributed by atoms with Gasteiger partial charge in [0.25, 0.3) is 0 Å². The quantitative estimate of drug-likeness (QED) is 0.186. The van der Waals surface area contributed by atoms with Crippen molar-refractivity contribution in [2.75, 3.05) is 6.61 Å². The molecule has 1 aliphatic carbocycles. The molecule has 0 bridgehead atoms. The third kappa shape index (κ3) is 4.40. The van der Waals surface area contributed by atoms with E-state index in [1.165, 1.54) is 12.1 Å². The van der Waals surface area contributed by atoms with Gasteiger partial charge in [0.15, 0.2) is 0 Å². The van der Waals surface area contributed by atoms with Gasteiger partial charge in [-0.25, -0.2) is 0 Å². The number of nitrogens with one attached hydrogen (secondary N) is 1. The fourth-order valence-corrected chi connectivity index (χ4v) is 3.60. The number of rotatable bonds is 6. The van der Waals surface area contributed by atoms with Gasteiger partial charge in [-0.1, -0.05) is 36.8 Å². The van der Waals surface area contributed by atoms with Crippen LogP contribution in [0.15, 0.2) is 48.5 Å². The predicted octanol–water partition coefficient (Wildman–Crippen LogP) is 5.74. The van der Waals surface area contributed by atoms with Crippen LogP contribution < -0.4 is 0 Å². The van der Waals surface area contributed by atoms with Crippen LogP contribution in [0, 0.1) is 15.9 Å². The number of fused-ring (bicyclic) bond motifs is 1. The SMILES string of the molecule is O=[N+]([O-])c1cc2cc(C3(COCc4ccccc4)CCC3)[nH]c2cc1F.[Cu][I]. The van der Waals surface area contributed by atoms with Gasteiger partial charge in [0, 0.05) is 34.1 Å². The number of halogens is 2. The summed E-state index contributed by atoms with van der Waals surface area (Å²) in [6, 6.07) is 14.4. The molecule has 0 atom stereocenters. The van der Waals surface area contributed by atoms with Crippen molar-refractivity contribution in [3.8, 4) is 0 Å². The molecule has 1 saturated carbocycles. The molecule has 8 heteroatoms. The van der Waals surface area contributed by atoms with Crippen molar-refractivity contribution in [1.29, 1.82) is 0 Å². The molecule has 1 heterocycles. The molecule has 5 nitrogen and oxygen atoms in total. The Kier molecular flexibility index (Phi) is 7.09. The van der Waals surface area contributed by atoms with E-state index < -0.39 is 16.4 Å². The summed E-state index contributed by atoms with van der Waals surface area (Å²) in [5.41, 5.74) is 2.05. The fourth-order valence-electron chi connectivity index (χ4n) is 3.60. The van der Waals surface area contributed by atoms with Gasteiger partial charge in [0.1, 0.15) is 0 Å². The van der Waals surface area contributed by atoms with Crippen molar-refractivity contribution in [1.82, 2.24) is 4.98 Å². The molecular weight excluding hydrogens is 526 g/mol. The first-order valence-electron chi connectivity index (χ1n) is 8.78. The minimum absolute atomic E-state index is 0.126. The molecule has 0 saturated heterocycles. The number of benzene rings is 2. The van der Waals surface area contributed by atoms with E-state index in [4.69, 9.17) is 4.74 Å². The zero-order valence-corrected chi connectivity index (χ0v) is 18.0. The number of nitro benzene ring substituents is 1. The molecule has 0 spiro atoms. The fraction of sp³-hybridized carbons (Fsp3) is 0.300. The van der Waals surface area contributed by atoms with E-state index in [-0.39, 0.29) is 5.41 Å². The zero-order valence-electron chi connectivity index (χ0n) is 14.9. The van der Waals surface area contributed by atoms with E-state index in [2.05, 4.69) is 17.7 Å². The van der Waals surface area contributed by atoms with E-state index in [1.54, 1.807) is 20.3 Å². The topological polar surface area (TPSA) is 68.2 Å². The standard InChI is InChI=1S/C20H19FN2O3.Cu.HI/c21-16-11-17-15(9-18(16)23(24)25)10-19(22-17)20(7-4-8-20)13-26-12-14-5-2-1-3-6-14;;/h1-3,5-6,9-11,22H,4,7-8,12-13H2;;1H/q;+1;/p-1. The summed E-state index contributed by atoms with van der Waals surface area (Å²) in [4.78, 5) is 13.5. The number of nitrogens with zero attached hydrogens (tertiary/aromatic N) is 1. The molecule has 0 radical (unpaired) electrons. The molecule has 152 valence electrons. The molecule has 1 fully saturated rings. The van der Waals surface area contributed by atoms with Gasteiger partial charge in [-0.3, -0.25) is 10.1 Å². The number of H-pyrrole nitrogens is 1. The molecule has 0 aliphatic heterocycles. The summed E-state index contributed by atoms with van der Waals surface area (Å²) in [5.74, 6) is -0.820. The maximum absolute atomic E-state index is 13.9. The Morgan fingerprint density at radius 2 is 1.93 bits per heavy atom. The molecule has 1 N–H and O–H groups in total. The van der Waals surface area contributed by atoms with E-state index >= 15 is 0 Å². The molecule has 0 amide bonds. The predicted molar refractivity (Wildman–Crippen MR) is 111 cm³/mol.